The summed E-state index contributed by atoms with van der Waals surface area (Å²) in [5, 5.41) is -0.578. The van der Waals surface area contributed by atoms with E-state index in [1.807, 2.05) is 31.1 Å². The van der Waals surface area contributed by atoms with E-state index in [2.05, 4.69) is 27.3 Å². The summed E-state index contributed by atoms with van der Waals surface area (Å²) in [7, 11) is 1.95. The van der Waals surface area contributed by atoms with E-state index in [9.17, 15) is 8.42 Å². The molecule has 0 aliphatic heterocycles. The molecule has 1 aromatic rings. The van der Waals surface area contributed by atoms with Crippen LogP contribution in [0.3, 0.4) is 0 Å². The van der Waals surface area contributed by atoms with Gasteiger partial charge in [-0.1, -0.05) is 18.2 Å². The summed E-state index contributed by atoms with van der Waals surface area (Å²) >= 11 is 2.17. The number of nitrogens with one attached hydrogen (secondary N) is 1. The van der Waals surface area contributed by atoms with Gasteiger partial charge in [0.25, 0.3) is 0 Å². The van der Waals surface area contributed by atoms with E-state index in [-0.39, 0.29) is 0 Å². The van der Waals surface area contributed by atoms with Crippen LogP contribution in [0.25, 0.3) is 0 Å². The number of halogens is 1. The number of nitrogens with zero attached hydrogens (tertiary/aromatic N) is 1. The minimum Gasteiger partial charge on any atom is -0.493 e. The Balaban J connectivity index is 2.12. The Hall–Kier alpha value is -1.26. The molecule has 6 nitrogen and oxygen atoms in total. The molecule has 0 aromatic heterocycles. The van der Waals surface area contributed by atoms with E-state index in [4.69, 9.17) is 9.47 Å². The molecule has 8 heteroatoms. The van der Waals surface area contributed by atoms with Crippen LogP contribution in [-0.4, -0.2) is 52.9 Å². The van der Waals surface area contributed by atoms with Gasteiger partial charge in [-0.15, -0.1) is 0 Å². The van der Waals surface area contributed by atoms with Gasteiger partial charge in [-0.3, -0.25) is 4.72 Å². The highest BCUT2D eigenvalue weighted by atomic mass is 127. The van der Waals surface area contributed by atoms with Crippen molar-refractivity contribution in [2.45, 2.75) is 11.7 Å². The zero-order valence-electron chi connectivity index (χ0n) is 14.5. The predicted molar refractivity (Wildman–Crippen MR) is 109 cm³/mol. The third-order valence-electron chi connectivity index (χ3n) is 3.63. The van der Waals surface area contributed by atoms with E-state index >= 15 is 0 Å². The highest BCUT2D eigenvalue weighted by Gasteiger charge is 2.24. The molecule has 0 bridgehead atoms. The number of likely N-dealkylation sites (N-methyl/N-ethyl adjacent to an activating group) is 1. The van der Waals surface area contributed by atoms with Gasteiger partial charge in [0.2, 0.25) is 10.0 Å². The van der Waals surface area contributed by atoms with E-state index in [1.165, 1.54) is 0 Å². The first-order valence-electron chi connectivity index (χ1n) is 7.83. The van der Waals surface area contributed by atoms with Gasteiger partial charge in [-0.2, -0.15) is 0 Å². The SMILES string of the molecule is COc1ccc(NS(=O)(=O)C2C=CC(I)=CC2)cc1OCCN(C)C. The van der Waals surface area contributed by atoms with Crippen molar-refractivity contribution in [3.05, 3.63) is 40.0 Å². The van der Waals surface area contributed by atoms with Crippen molar-refractivity contribution in [2.75, 3.05) is 39.1 Å². The Bertz CT molecular complexity index is 760. The smallest absolute Gasteiger partial charge is 0.239 e. The molecule has 1 aromatic carbocycles. The van der Waals surface area contributed by atoms with Crippen molar-refractivity contribution < 1.29 is 17.9 Å². The zero-order valence-corrected chi connectivity index (χ0v) is 17.5. The number of rotatable bonds is 8. The molecule has 2 rings (SSSR count). The molecule has 0 heterocycles. The molecule has 1 aliphatic rings. The van der Waals surface area contributed by atoms with Gasteiger partial charge in [-0.05, 0) is 55.2 Å². The zero-order chi connectivity index (χ0) is 18.4. The largest absolute Gasteiger partial charge is 0.493 e. The van der Waals surface area contributed by atoms with Crippen LogP contribution >= 0.6 is 22.6 Å². The fourth-order valence-corrected chi connectivity index (χ4v) is 3.94. The van der Waals surface area contributed by atoms with Crippen LogP contribution in [0, 0.1) is 0 Å². The summed E-state index contributed by atoms with van der Waals surface area (Å²) in [6.07, 6.45) is 5.90. The second-order valence-electron chi connectivity index (χ2n) is 5.89. The van der Waals surface area contributed by atoms with E-state index in [0.717, 1.165) is 10.1 Å². The molecule has 0 amide bonds. The van der Waals surface area contributed by atoms with E-state index in [0.29, 0.717) is 30.2 Å². The summed E-state index contributed by atoms with van der Waals surface area (Å²) < 4.78 is 39.8. The van der Waals surface area contributed by atoms with Gasteiger partial charge in [0.05, 0.1) is 12.8 Å². The lowest BCUT2D eigenvalue weighted by molar-refractivity contribution is 0.251. The number of methoxy groups -OCH3 is 1. The Labute approximate surface area is 163 Å². The molecular weight excluding hydrogens is 455 g/mol. The molecule has 1 N–H and O–H groups in total. The van der Waals surface area contributed by atoms with Gasteiger partial charge < -0.3 is 14.4 Å². The second kappa shape index (κ2) is 8.91. The normalized spacial score (nSPS) is 17.3. The van der Waals surface area contributed by atoms with Crippen LogP contribution in [0.1, 0.15) is 6.42 Å². The average Bonchev–Trinajstić information content (AvgIpc) is 2.55. The van der Waals surface area contributed by atoms with Crippen molar-refractivity contribution >= 4 is 38.3 Å². The number of benzene rings is 1. The lowest BCUT2D eigenvalue weighted by atomic mass is 10.2. The average molecular weight is 478 g/mol. The molecule has 0 radical (unpaired) electrons. The Morgan fingerprint density at radius 1 is 1.32 bits per heavy atom. The number of sulfonamides is 1. The first-order chi connectivity index (χ1) is 11.8. The number of hydrogen-bond donors (Lipinski definition) is 1. The summed E-state index contributed by atoms with van der Waals surface area (Å²) in [6, 6.07) is 5.02. The van der Waals surface area contributed by atoms with Crippen molar-refractivity contribution in [2.24, 2.45) is 0 Å². The summed E-state index contributed by atoms with van der Waals surface area (Å²) in [6.45, 7) is 1.23. The monoisotopic (exact) mass is 478 g/mol. The molecule has 1 unspecified atom stereocenters. The molecule has 25 heavy (non-hydrogen) atoms. The van der Waals surface area contributed by atoms with Crippen LogP contribution in [-0.2, 0) is 10.0 Å². The van der Waals surface area contributed by atoms with Crippen molar-refractivity contribution in [3.8, 4) is 11.5 Å². The Morgan fingerprint density at radius 3 is 2.68 bits per heavy atom. The maximum atomic E-state index is 12.6. The van der Waals surface area contributed by atoms with Gasteiger partial charge >= 0.3 is 0 Å². The summed E-state index contributed by atoms with van der Waals surface area (Å²) in [5.41, 5.74) is 0.457. The highest BCUT2D eigenvalue weighted by Crippen LogP contribution is 2.31. The molecule has 0 saturated carbocycles. The molecule has 0 fully saturated rings. The molecule has 0 spiro atoms. The molecule has 1 atom stereocenters. The highest BCUT2D eigenvalue weighted by molar-refractivity contribution is 14.1. The summed E-state index contributed by atoms with van der Waals surface area (Å²) in [5.74, 6) is 1.08. The lowest BCUT2D eigenvalue weighted by Gasteiger charge is -2.18. The minimum absolute atomic E-state index is 0.457. The van der Waals surface area contributed by atoms with E-state index < -0.39 is 15.3 Å². The topological polar surface area (TPSA) is 67.9 Å². The Morgan fingerprint density at radius 2 is 2.08 bits per heavy atom. The summed E-state index contributed by atoms with van der Waals surface area (Å²) in [4.78, 5) is 2.00. The maximum absolute atomic E-state index is 12.6. The third kappa shape index (κ3) is 5.89. The molecule has 138 valence electrons. The lowest BCUT2D eigenvalue weighted by Crippen LogP contribution is -2.26. The minimum atomic E-state index is -3.52. The van der Waals surface area contributed by atoms with Gasteiger partial charge in [0.1, 0.15) is 11.9 Å². The fraction of sp³-hybridized carbons (Fsp3) is 0.412. The molecular formula is C17H23IN2O4S. The van der Waals surface area contributed by atoms with Crippen LogP contribution in [0.5, 0.6) is 11.5 Å². The van der Waals surface area contributed by atoms with Gasteiger partial charge in [0.15, 0.2) is 11.5 Å². The second-order valence-corrected chi connectivity index (χ2v) is 9.03. The number of allylic oxidation sites excluding steroid dienone is 3. The first-order valence-corrected chi connectivity index (χ1v) is 10.5. The third-order valence-corrected chi connectivity index (χ3v) is 6.10. The number of hydrogen-bond acceptors (Lipinski definition) is 5. The molecule has 1 aliphatic carbocycles. The van der Waals surface area contributed by atoms with Gasteiger partial charge in [0, 0.05) is 16.2 Å². The van der Waals surface area contributed by atoms with Crippen LogP contribution in [0.15, 0.2) is 40.0 Å². The van der Waals surface area contributed by atoms with Crippen molar-refractivity contribution in [1.82, 2.24) is 4.90 Å². The predicted octanol–water partition coefficient (Wildman–Crippen LogP) is 3.02. The quantitative estimate of drug-likeness (QED) is 0.582. The number of ether oxygens (including phenoxy) is 2. The first kappa shape index (κ1) is 20.1. The fourth-order valence-electron chi connectivity index (χ4n) is 2.24. The standard InChI is InChI=1S/C17H23IN2O4S/c1-20(2)10-11-24-17-12-14(6-9-16(17)23-3)19-25(21,22)15-7-4-13(18)5-8-15/h4-7,9,12,15,19H,8,10-11H2,1-3H3. The number of anilines is 1. The van der Waals surface area contributed by atoms with Gasteiger partial charge in [-0.25, -0.2) is 8.42 Å². The van der Waals surface area contributed by atoms with Crippen LogP contribution in [0.2, 0.25) is 0 Å². The maximum Gasteiger partial charge on any atom is 0.239 e. The molecule has 0 saturated heterocycles. The van der Waals surface area contributed by atoms with Crippen molar-refractivity contribution in [1.29, 1.82) is 0 Å². The Kier molecular flexibility index (Phi) is 7.14. The van der Waals surface area contributed by atoms with Crippen LogP contribution < -0.4 is 14.2 Å². The van der Waals surface area contributed by atoms with Crippen LogP contribution in [0.4, 0.5) is 5.69 Å². The van der Waals surface area contributed by atoms with E-state index in [1.54, 1.807) is 31.4 Å². The van der Waals surface area contributed by atoms with Crippen molar-refractivity contribution in [3.63, 3.8) is 0 Å².